The van der Waals surface area contributed by atoms with Gasteiger partial charge >= 0.3 is 6.72 Å². The summed E-state index contributed by atoms with van der Waals surface area (Å²) in [5, 5.41) is 0. The fourth-order valence-corrected chi connectivity index (χ4v) is 2.33. The number of benzene rings is 1. The number of hydrogen-bond acceptors (Lipinski definition) is 3. The van der Waals surface area contributed by atoms with E-state index in [9.17, 15) is 4.57 Å². The van der Waals surface area contributed by atoms with E-state index in [0.29, 0.717) is 5.75 Å². The molecule has 0 fully saturated rings. The predicted molar refractivity (Wildman–Crippen MR) is 66.2 cm³/mol. The molecule has 1 rings (SSSR count). The average Bonchev–Trinajstić information content (AvgIpc) is 2.27. The summed E-state index contributed by atoms with van der Waals surface area (Å²) in [5.41, 5.74) is 0. The smallest absolute Gasteiger partial charge is 0.361 e. The van der Waals surface area contributed by atoms with E-state index in [1.54, 1.807) is 24.3 Å². The van der Waals surface area contributed by atoms with E-state index >= 15 is 0 Å². The highest BCUT2D eigenvalue weighted by atomic mass is 35.7. The zero-order valence-electron chi connectivity index (χ0n) is 9.43. The highest BCUT2D eigenvalue weighted by Crippen LogP contribution is 2.52. The minimum Gasteiger partial charge on any atom is -0.431 e. The second-order valence-corrected chi connectivity index (χ2v) is 6.68. The molecule has 0 bridgehead atoms. The van der Waals surface area contributed by atoms with Gasteiger partial charge in [-0.1, -0.05) is 25.1 Å². The van der Waals surface area contributed by atoms with Gasteiger partial charge in [-0.05, 0) is 36.7 Å². The predicted octanol–water partition coefficient (Wildman–Crippen LogP) is 4.27. The van der Waals surface area contributed by atoms with Crippen molar-refractivity contribution in [1.29, 1.82) is 0 Å². The normalized spacial score (nSPS) is 16.4. The zero-order chi connectivity index (χ0) is 12.0. The van der Waals surface area contributed by atoms with E-state index < -0.39 is 6.72 Å². The van der Waals surface area contributed by atoms with Crippen LogP contribution >= 0.6 is 18.0 Å². The van der Waals surface area contributed by atoms with Crippen LogP contribution in [0.4, 0.5) is 0 Å². The molecule has 0 amide bonds. The van der Waals surface area contributed by atoms with Crippen LogP contribution in [-0.2, 0) is 9.30 Å². The van der Waals surface area contributed by atoms with E-state index in [-0.39, 0.29) is 12.5 Å². The average molecular weight is 263 g/mol. The van der Waals surface area contributed by atoms with Crippen LogP contribution in [-0.4, -0.2) is 12.5 Å². The number of halogens is 1. The maximum atomic E-state index is 11.8. The topological polar surface area (TPSA) is 35.5 Å². The lowest BCUT2D eigenvalue weighted by Crippen LogP contribution is -2.08. The van der Waals surface area contributed by atoms with Gasteiger partial charge in [0.05, 0.1) is 6.10 Å². The van der Waals surface area contributed by atoms with E-state index in [1.807, 2.05) is 19.9 Å². The standard InChI is InChI=1S/C11H16ClO3P/c1-3-10(2)14-9-16(12,13)15-11-7-5-4-6-8-11/h4-8,10H,3,9H2,1-2H3/t10-,16?/m1/s1. The summed E-state index contributed by atoms with van der Waals surface area (Å²) in [6.45, 7) is 0.659. The van der Waals surface area contributed by atoms with Crippen molar-refractivity contribution in [3.05, 3.63) is 30.3 Å². The molecule has 0 saturated heterocycles. The number of hydrogen-bond donors (Lipinski definition) is 0. The molecule has 1 aromatic carbocycles. The van der Waals surface area contributed by atoms with Gasteiger partial charge in [0.1, 0.15) is 12.1 Å². The van der Waals surface area contributed by atoms with Crippen LogP contribution in [0.2, 0.25) is 0 Å². The molecular weight excluding hydrogens is 247 g/mol. The number of rotatable bonds is 6. The molecule has 0 spiro atoms. The third-order valence-corrected chi connectivity index (χ3v) is 3.51. The summed E-state index contributed by atoms with van der Waals surface area (Å²) in [4.78, 5) is 0. The lowest BCUT2D eigenvalue weighted by Gasteiger charge is -2.15. The molecule has 1 unspecified atom stereocenters. The van der Waals surface area contributed by atoms with Crippen LogP contribution in [0.1, 0.15) is 20.3 Å². The fraction of sp³-hybridized carbons (Fsp3) is 0.455. The van der Waals surface area contributed by atoms with Crippen molar-refractivity contribution >= 4 is 18.0 Å². The summed E-state index contributed by atoms with van der Waals surface area (Å²) in [6.07, 6.45) is 0.812. The molecule has 0 aliphatic carbocycles. The Morgan fingerprint density at radius 3 is 2.56 bits per heavy atom. The molecule has 0 aliphatic heterocycles. The second kappa shape index (κ2) is 6.29. The Hall–Kier alpha value is -0.500. The van der Waals surface area contributed by atoms with Gasteiger partial charge in [0.25, 0.3) is 0 Å². The number of ether oxygens (including phenoxy) is 1. The Bertz CT molecular complexity index is 356. The first-order valence-corrected chi connectivity index (χ1v) is 7.90. The van der Waals surface area contributed by atoms with Crippen molar-refractivity contribution in [2.75, 3.05) is 6.35 Å². The monoisotopic (exact) mass is 262 g/mol. The van der Waals surface area contributed by atoms with Gasteiger partial charge < -0.3 is 9.26 Å². The van der Waals surface area contributed by atoms with Crippen molar-refractivity contribution in [2.45, 2.75) is 26.4 Å². The van der Waals surface area contributed by atoms with Gasteiger partial charge in [-0.25, -0.2) is 0 Å². The zero-order valence-corrected chi connectivity index (χ0v) is 11.1. The summed E-state index contributed by atoms with van der Waals surface area (Å²) in [7, 11) is 0. The van der Waals surface area contributed by atoms with Crippen molar-refractivity contribution in [3.8, 4) is 5.75 Å². The molecule has 1 aromatic rings. The first kappa shape index (κ1) is 13.6. The van der Waals surface area contributed by atoms with Crippen molar-refractivity contribution in [1.82, 2.24) is 0 Å². The van der Waals surface area contributed by atoms with Crippen LogP contribution in [0.3, 0.4) is 0 Å². The summed E-state index contributed by atoms with van der Waals surface area (Å²) in [6, 6.07) is 8.85. The minimum absolute atomic E-state index is 0.0337. The second-order valence-electron chi connectivity index (χ2n) is 3.51. The molecule has 0 heterocycles. The first-order chi connectivity index (χ1) is 7.53. The van der Waals surface area contributed by atoms with Gasteiger partial charge in [0, 0.05) is 0 Å². The molecule has 0 saturated carbocycles. The Balaban J connectivity index is 2.49. The summed E-state index contributed by atoms with van der Waals surface area (Å²) >= 11 is 5.78. The molecule has 0 aromatic heterocycles. The van der Waals surface area contributed by atoms with Gasteiger partial charge in [-0.3, -0.25) is 4.57 Å². The quantitative estimate of drug-likeness (QED) is 0.718. The molecule has 0 radical (unpaired) electrons. The van der Waals surface area contributed by atoms with E-state index in [1.165, 1.54) is 0 Å². The number of para-hydroxylation sites is 1. The Morgan fingerprint density at radius 1 is 1.38 bits per heavy atom. The van der Waals surface area contributed by atoms with Crippen molar-refractivity contribution in [3.63, 3.8) is 0 Å². The van der Waals surface area contributed by atoms with Crippen LogP contribution in [0.25, 0.3) is 0 Å². The SMILES string of the molecule is CC[C@@H](C)OCP(=O)(Cl)Oc1ccccc1. The molecule has 90 valence electrons. The lowest BCUT2D eigenvalue weighted by molar-refractivity contribution is 0.0945. The van der Waals surface area contributed by atoms with Crippen LogP contribution in [0.5, 0.6) is 5.75 Å². The Morgan fingerprint density at radius 2 is 2.00 bits per heavy atom. The molecule has 3 nitrogen and oxygen atoms in total. The van der Waals surface area contributed by atoms with E-state index in [2.05, 4.69) is 0 Å². The van der Waals surface area contributed by atoms with Gasteiger partial charge in [-0.2, -0.15) is 0 Å². The summed E-state index contributed by atoms with van der Waals surface area (Å²) < 4.78 is 22.3. The largest absolute Gasteiger partial charge is 0.431 e. The third kappa shape index (κ3) is 5.02. The molecule has 16 heavy (non-hydrogen) atoms. The van der Waals surface area contributed by atoms with Crippen molar-refractivity contribution < 1.29 is 13.8 Å². The highest BCUT2D eigenvalue weighted by molar-refractivity contribution is 7.85. The minimum atomic E-state index is -3.23. The van der Waals surface area contributed by atoms with Crippen LogP contribution in [0, 0.1) is 0 Å². The maximum absolute atomic E-state index is 11.8. The van der Waals surface area contributed by atoms with Gasteiger partial charge in [-0.15, -0.1) is 0 Å². The molecule has 2 atom stereocenters. The molecule has 5 heteroatoms. The van der Waals surface area contributed by atoms with Gasteiger partial charge in [0.15, 0.2) is 0 Å². The Kier molecular flexibility index (Phi) is 5.33. The van der Waals surface area contributed by atoms with Crippen molar-refractivity contribution in [2.24, 2.45) is 0 Å². The lowest BCUT2D eigenvalue weighted by atomic mass is 10.3. The molecule has 0 aliphatic rings. The summed E-state index contributed by atoms with van der Waals surface area (Å²) in [5.74, 6) is 0.494. The van der Waals surface area contributed by atoms with E-state index in [4.69, 9.17) is 20.5 Å². The fourth-order valence-electron chi connectivity index (χ4n) is 0.999. The van der Waals surface area contributed by atoms with Crippen LogP contribution in [0.15, 0.2) is 30.3 Å². The Labute approximate surface area is 101 Å². The highest BCUT2D eigenvalue weighted by Gasteiger charge is 2.22. The maximum Gasteiger partial charge on any atom is 0.361 e. The van der Waals surface area contributed by atoms with Crippen LogP contribution < -0.4 is 4.52 Å². The molecular formula is C11H16ClO3P. The third-order valence-electron chi connectivity index (χ3n) is 2.07. The molecule has 0 N–H and O–H groups in total. The van der Waals surface area contributed by atoms with Gasteiger partial charge in [0.2, 0.25) is 0 Å². The first-order valence-electron chi connectivity index (χ1n) is 5.18. The van der Waals surface area contributed by atoms with E-state index in [0.717, 1.165) is 6.42 Å².